The number of rotatable bonds is 10. The van der Waals surface area contributed by atoms with E-state index in [0.29, 0.717) is 32.5 Å². The minimum Gasteiger partial charge on any atom is -0.493 e. The molecule has 0 unspecified atom stereocenters. The van der Waals surface area contributed by atoms with Crippen LogP contribution in [-0.2, 0) is 24.2 Å². The average molecular weight is 524 g/mol. The van der Waals surface area contributed by atoms with Crippen LogP contribution in [0.25, 0.3) is 11.1 Å². The third kappa shape index (κ3) is 6.03. The molecule has 0 aliphatic carbocycles. The van der Waals surface area contributed by atoms with Crippen LogP contribution in [0.1, 0.15) is 53.2 Å². The summed E-state index contributed by atoms with van der Waals surface area (Å²) in [5, 5.41) is 13.8. The Morgan fingerprint density at radius 1 is 1.05 bits per heavy atom. The van der Waals surface area contributed by atoms with Crippen LogP contribution in [-0.4, -0.2) is 39.9 Å². The number of aryl methyl sites for hydroxylation is 1. The summed E-state index contributed by atoms with van der Waals surface area (Å²) in [5.74, 6) is 0.0763. The molecule has 0 atom stereocenters. The fraction of sp³-hybridized carbons (Fsp3) is 0.281. The molecule has 1 aliphatic rings. The number of anilines is 1. The summed E-state index contributed by atoms with van der Waals surface area (Å²) in [7, 11) is 0. The topological polar surface area (TPSA) is 84.7 Å². The largest absolute Gasteiger partial charge is 0.493 e. The molecule has 1 aliphatic heterocycles. The number of carboxylic acids is 1. The summed E-state index contributed by atoms with van der Waals surface area (Å²) in [6.45, 7) is 3.82. The zero-order valence-corrected chi connectivity index (χ0v) is 22.2. The number of carboxylic acid groups (broad SMARTS) is 1. The zero-order chi connectivity index (χ0) is 27.2. The number of carbonyl (C=O) groups excluding carboxylic acids is 1. The molecule has 0 radical (unpaired) electrons. The van der Waals surface area contributed by atoms with Crippen molar-refractivity contribution < 1.29 is 19.4 Å². The molecule has 0 spiro atoms. The highest BCUT2D eigenvalue weighted by Crippen LogP contribution is 2.36. The van der Waals surface area contributed by atoms with E-state index < -0.39 is 5.97 Å². The van der Waals surface area contributed by atoms with Crippen molar-refractivity contribution in [2.45, 2.75) is 45.6 Å². The lowest BCUT2D eigenvalue weighted by atomic mass is 9.93. The smallest absolute Gasteiger partial charge is 0.335 e. The molecule has 4 aromatic rings. The Morgan fingerprint density at radius 2 is 1.90 bits per heavy atom. The molecule has 0 saturated carbocycles. The first-order chi connectivity index (χ1) is 19.0. The molecule has 200 valence electrons. The van der Waals surface area contributed by atoms with Gasteiger partial charge in [0.15, 0.2) is 0 Å². The molecule has 7 heteroatoms. The molecule has 2 heterocycles. The molecule has 5 rings (SSSR count). The van der Waals surface area contributed by atoms with E-state index >= 15 is 0 Å². The van der Waals surface area contributed by atoms with Crippen LogP contribution in [0.15, 0.2) is 79.1 Å². The number of para-hydroxylation sites is 1. The van der Waals surface area contributed by atoms with Gasteiger partial charge in [-0.05, 0) is 72.2 Å². The second kappa shape index (κ2) is 12.0. The molecule has 0 fully saturated rings. The summed E-state index contributed by atoms with van der Waals surface area (Å²) in [6.07, 6.45) is 7.64. The third-order valence-corrected chi connectivity index (χ3v) is 7.16. The Hall–Kier alpha value is -4.39. The van der Waals surface area contributed by atoms with Crippen LogP contribution in [0.5, 0.6) is 5.75 Å². The number of benzene rings is 3. The molecular weight excluding hydrogens is 490 g/mol. The van der Waals surface area contributed by atoms with Crippen molar-refractivity contribution in [1.29, 1.82) is 0 Å². The molecule has 39 heavy (non-hydrogen) atoms. The van der Waals surface area contributed by atoms with Gasteiger partial charge in [0.2, 0.25) is 5.91 Å². The van der Waals surface area contributed by atoms with Crippen molar-refractivity contribution in [1.82, 2.24) is 9.78 Å². The Labute approximate surface area is 228 Å². The summed E-state index contributed by atoms with van der Waals surface area (Å²) in [6, 6.07) is 21.1. The van der Waals surface area contributed by atoms with Gasteiger partial charge in [0.1, 0.15) is 5.75 Å². The summed E-state index contributed by atoms with van der Waals surface area (Å²) >= 11 is 0. The van der Waals surface area contributed by atoms with Crippen molar-refractivity contribution >= 4 is 17.6 Å². The first-order valence-electron chi connectivity index (χ1n) is 13.5. The average Bonchev–Trinajstić information content (AvgIpc) is 3.43. The third-order valence-electron chi connectivity index (χ3n) is 7.16. The summed E-state index contributed by atoms with van der Waals surface area (Å²) < 4.78 is 7.78. The zero-order valence-electron chi connectivity index (χ0n) is 22.2. The van der Waals surface area contributed by atoms with E-state index in [1.54, 1.807) is 18.2 Å². The molecule has 3 aromatic carbocycles. The van der Waals surface area contributed by atoms with Gasteiger partial charge in [0, 0.05) is 30.4 Å². The van der Waals surface area contributed by atoms with Crippen LogP contribution in [0.4, 0.5) is 5.69 Å². The number of amides is 1. The molecule has 7 nitrogen and oxygen atoms in total. The molecular formula is C32H33N3O4. The maximum atomic E-state index is 13.2. The maximum absolute atomic E-state index is 13.2. The van der Waals surface area contributed by atoms with E-state index in [1.165, 1.54) is 5.56 Å². The Morgan fingerprint density at radius 3 is 2.74 bits per heavy atom. The summed E-state index contributed by atoms with van der Waals surface area (Å²) in [4.78, 5) is 26.5. The van der Waals surface area contributed by atoms with Crippen LogP contribution in [0.3, 0.4) is 0 Å². The van der Waals surface area contributed by atoms with Crippen molar-refractivity contribution in [3.05, 3.63) is 101 Å². The summed E-state index contributed by atoms with van der Waals surface area (Å²) in [5.41, 5.74) is 6.52. The number of hydrogen-bond donors (Lipinski definition) is 1. The molecule has 1 aromatic heterocycles. The number of nitrogens with zero attached hydrogens (tertiary/aromatic N) is 3. The Balaban J connectivity index is 1.26. The first kappa shape index (κ1) is 26.2. The van der Waals surface area contributed by atoms with Gasteiger partial charge in [0.05, 0.1) is 24.9 Å². The van der Waals surface area contributed by atoms with Crippen molar-refractivity contribution in [3.8, 4) is 16.9 Å². The fourth-order valence-electron chi connectivity index (χ4n) is 5.21. The highest BCUT2D eigenvalue weighted by Gasteiger charge is 2.24. The molecule has 0 bridgehead atoms. The predicted molar refractivity (Wildman–Crippen MR) is 151 cm³/mol. The van der Waals surface area contributed by atoms with Gasteiger partial charge in [-0.3, -0.25) is 9.48 Å². The van der Waals surface area contributed by atoms with Gasteiger partial charge >= 0.3 is 5.97 Å². The second-order valence-corrected chi connectivity index (χ2v) is 9.80. The lowest BCUT2D eigenvalue weighted by Crippen LogP contribution is -2.35. The standard InChI is InChI=1S/C32H33N3O4/c1-2-24-10-3-4-15-30(24)39-18-8-16-31(36)35-17-7-13-28-27(12-6-14-29(28)35)26-20-33-34(22-26)21-23-9-5-11-25(19-23)32(37)38/h3-6,9-12,14-15,19-20,22H,2,7-8,13,16-18,21H2,1H3,(H,37,38). The van der Waals surface area contributed by atoms with Crippen LogP contribution < -0.4 is 9.64 Å². The maximum Gasteiger partial charge on any atom is 0.335 e. The van der Waals surface area contributed by atoms with Gasteiger partial charge in [-0.2, -0.15) is 5.10 Å². The molecule has 1 amide bonds. The van der Waals surface area contributed by atoms with E-state index in [2.05, 4.69) is 24.2 Å². The lowest BCUT2D eigenvalue weighted by molar-refractivity contribution is -0.118. The number of fused-ring (bicyclic) bond motifs is 1. The van der Waals surface area contributed by atoms with Crippen LogP contribution >= 0.6 is 0 Å². The minimum absolute atomic E-state index is 0.120. The number of aromatic nitrogens is 2. The van der Waals surface area contributed by atoms with Gasteiger partial charge < -0.3 is 14.7 Å². The van der Waals surface area contributed by atoms with Crippen LogP contribution in [0, 0.1) is 0 Å². The highest BCUT2D eigenvalue weighted by atomic mass is 16.5. The first-order valence-corrected chi connectivity index (χ1v) is 13.5. The normalized spacial score (nSPS) is 12.7. The molecule has 1 N–H and O–H groups in total. The van der Waals surface area contributed by atoms with E-state index in [4.69, 9.17) is 4.74 Å². The van der Waals surface area contributed by atoms with Crippen LogP contribution in [0.2, 0.25) is 0 Å². The van der Waals surface area contributed by atoms with Crippen molar-refractivity contribution in [2.24, 2.45) is 0 Å². The quantitative estimate of drug-likeness (QED) is 0.258. The van der Waals surface area contributed by atoms with E-state index in [1.807, 2.05) is 58.4 Å². The fourth-order valence-corrected chi connectivity index (χ4v) is 5.21. The van der Waals surface area contributed by atoms with E-state index in [9.17, 15) is 14.7 Å². The molecule has 0 saturated heterocycles. The second-order valence-electron chi connectivity index (χ2n) is 9.80. The Kier molecular flexibility index (Phi) is 8.06. The predicted octanol–water partition coefficient (Wildman–Crippen LogP) is 6.00. The number of carbonyl (C=O) groups is 2. The number of aromatic carboxylic acids is 1. The van der Waals surface area contributed by atoms with Gasteiger partial charge in [-0.15, -0.1) is 0 Å². The minimum atomic E-state index is -0.942. The SMILES string of the molecule is CCc1ccccc1OCCCC(=O)N1CCCc2c(-c3cnn(Cc4cccc(C(=O)O)c4)c3)cccc21. The lowest BCUT2D eigenvalue weighted by Gasteiger charge is -2.31. The van der Waals surface area contributed by atoms with E-state index in [0.717, 1.165) is 53.0 Å². The van der Waals surface area contributed by atoms with Gasteiger partial charge in [-0.1, -0.05) is 49.4 Å². The highest BCUT2D eigenvalue weighted by molar-refractivity contribution is 5.96. The number of ether oxygens (including phenoxy) is 1. The van der Waals surface area contributed by atoms with Crippen molar-refractivity contribution in [3.63, 3.8) is 0 Å². The van der Waals surface area contributed by atoms with Gasteiger partial charge in [0.25, 0.3) is 0 Å². The van der Waals surface area contributed by atoms with E-state index in [-0.39, 0.29) is 11.5 Å². The van der Waals surface area contributed by atoms with Crippen molar-refractivity contribution in [2.75, 3.05) is 18.1 Å². The Bertz CT molecular complexity index is 1480. The monoisotopic (exact) mass is 523 g/mol. The number of hydrogen-bond acceptors (Lipinski definition) is 4. The van der Waals surface area contributed by atoms with Gasteiger partial charge in [-0.25, -0.2) is 4.79 Å².